The number of nitriles is 1. The summed E-state index contributed by atoms with van der Waals surface area (Å²) >= 11 is 0. The highest BCUT2D eigenvalue weighted by Gasteiger charge is 2.04. The zero-order chi connectivity index (χ0) is 11.1. The van der Waals surface area contributed by atoms with E-state index in [9.17, 15) is 0 Å². The van der Waals surface area contributed by atoms with E-state index in [0.29, 0.717) is 24.5 Å². The van der Waals surface area contributed by atoms with Crippen molar-refractivity contribution in [1.29, 1.82) is 5.26 Å². The predicted molar refractivity (Wildman–Crippen MR) is 56.7 cm³/mol. The molecular formula is C11H14N2O2. The second-order valence-corrected chi connectivity index (χ2v) is 3.02. The fourth-order valence-corrected chi connectivity index (χ4v) is 1.10. The average molecular weight is 206 g/mol. The largest absolute Gasteiger partial charge is 0.493 e. The average Bonchev–Trinajstić information content (AvgIpc) is 2.29. The van der Waals surface area contributed by atoms with Gasteiger partial charge in [0.1, 0.15) is 0 Å². The number of methoxy groups -OCH3 is 1. The van der Waals surface area contributed by atoms with E-state index in [4.69, 9.17) is 20.5 Å². The normalized spacial score (nSPS) is 11.5. The maximum atomic E-state index is 8.48. The van der Waals surface area contributed by atoms with Crippen LogP contribution in [-0.2, 0) is 0 Å². The zero-order valence-electron chi connectivity index (χ0n) is 8.64. The highest BCUT2D eigenvalue weighted by atomic mass is 16.5. The molecule has 4 nitrogen and oxygen atoms in total. The third-order valence-electron chi connectivity index (χ3n) is 1.92. The molecule has 0 fully saturated rings. The second-order valence-electron chi connectivity index (χ2n) is 3.02. The van der Waals surface area contributed by atoms with Crippen LogP contribution in [0.4, 0.5) is 0 Å². The molecule has 1 aromatic rings. The van der Waals surface area contributed by atoms with Crippen molar-refractivity contribution in [3.63, 3.8) is 0 Å². The lowest BCUT2D eigenvalue weighted by atomic mass is 10.2. The smallest absolute Gasteiger partial charge is 0.161 e. The van der Waals surface area contributed by atoms with E-state index in [1.165, 1.54) is 0 Å². The van der Waals surface area contributed by atoms with Gasteiger partial charge in [0.15, 0.2) is 11.5 Å². The number of nitrogens with zero attached hydrogens (tertiary/aromatic N) is 1. The van der Waals surface area contributed by atoms with Crippen LogP contribution in [-0.4, -0.2) is 19.8 Å². The standard InChI is InChI=1S/C11H14N2O2/c1-14-10-4-2-3-5-11(10)15-7-6-9(13)8-12/h2-5,9H,6-7,13H2,1H3. The molecule has 2 N–H and O–H groups in total. The second kappa shape index (κ2) is 5.89. The molecule has 0 heterocycles. The van der Waals surface area contributed by atoms with Crippen molar-refractivity contribution in [2.75, 3.05) is 13.7 Å². The van der Waals surface area contributed by atoms with E-state index in [0.717, 1.165) is 0 Å². The van der Waals surface area contributed by atoms with Gasteiger partial charge in [-0.15, -0.1) is 0 Å². The van der Waals surface area contributed by atoms with Crippen LogP contribution in [0.3, 0.4) is 0 Å². The van der Waals surface area contributed by atoms with E-state index < -0.39 is 6.04 Å². The number of ether oxygens (including phenoxy) is 2. The van der Waals surface area contributed by atoms with Gasteiger partial charge in [0.05, 0.1) is 25.8 Å². The SMILES string of the molecule is COc1ccccc1OCCC(N)C#N. The summed E-state index contributed by atoms with van der Waals surface area (Å²) in [4.78, 5) is 0. The Labute approximate surface area is 89.2 Å². The van der Waals surface area contributed by atoms with Gasteiger partial charge >= 0.3 is 0 Å². The number of benzene rings is 1. The molecule has 0 aliphatic rings. The van der Waals surface area contributed by atoms with Gasteiger partial charge in [0.2, 0.25) is 0 Å². The molecule has 1 atom stereocenters. The first-order valence-electron chi connectivity index (χ1n) is 4.69. The van der Waals surface area contributed by atoms with Crippen LogP contribution in [0.2, 0.25) is 0 Å². The molecule has 0 bridgehead atoms. The van der Waals surface area contributed by atoms with E-state index in [1.807, 2.05) is 30.3 Å². The number of rotatable bonds is 5. The van der Waals surface area contributed by atoms with Gasteiger partial charge in [-0.2, -0.15) is 5.26 Å². The van der Waals surface area contributed by atoms with Gasteiger partial charge in [-0.25, -0.2) is 0 Å². The number of hydrogen-bond donors (Lipinski definition) is 1. The first kappa shape index (κ1) is 11.3. The van der Waals surface area contributed by atoms with Crippen LogP contribution in [0.1, 0.15) is 6.42 Å². The maximum absolute atomic E-state index is 8.48. The van der Waals surface area contributed by atoms with Gasteiger partial charge < -0.3 is 15.2 Å². The van der Waals surface area contributed by atoms with E-state index in [-0.39, 0.29) is 0 Å². The van der Waals surface area contributed by atoms with Crippen molar-refractivity contribution in [3.8, 4) is 17.6 Å². The molecule has 1 rings (SSSR count). The summed E-state index contributed by atoms with van der Waals surface area (Å²) in [5.41, 5.74) is 5.44. The summed E-state index contributed by atoms with van der Waals surface area (Å²) in [7, 11) is 1.59. The first-order valence-corrected chi connectivity index (χ1v) is 4.69. The zero-order valence-corrected chi connectivity index (χ0v) is 8.64. The molecule has 1 aromatic carbocycles. The summed E-state index contributed by atoms with van der Waals surface area (Å²) < 4.78 is 10.6. The van der Waals surface area contributed by atoms with Gasteiger partial charge in [-0.05, 0) is 12.1 Å². The molecule has 0 spiro atoms. The molecule has 0 saturated heterocycles. The summed E-state index contributed by atoms with van der Waals surface area (Å²) in [6.07, 6.45) is 0.508. The van der Waals surface area contributed by atoms with Crippen molar-refractivity contribution < 1.29 is 9.47 Å². The van der Waals surface area contributed by atoms with Crippen molar-refractivity contribution in [3.05, 3.63) is 24.3 Å². The lowest BCUT2D eigenvalue weighted by molar-refractivity contribution is 0.286. The van der Waals surface area contributed by atoms with Crippen LogP contribution in [0.15, 0.2) is 24.3 Å². The fraction of sp³-hybridized carbons (Fsp3) is 0.364. The van der Waals surface area contributed by atoms with Gasteiger partial charge in [-0.1, -0.05) is 12.1 Å². The molecular weight excluding hydrogens is 192 g/mol. The van der Waals surface area contributed by atoms with Gasteiger partial charge in [0, 0.05) is 6.42 Å². The monoisotopic (exact) mass is 206 g/mol. The molecule has 0 aliphatic heterocycles. The summed E-state index contributed by atoms with van der Waals surface area (Å²) in [6, 6.07) is 8.84. The molecule has 0 saturated carbocycles. The number of hydrogen-bond acceptors (Lipinski definition) is 4. The minimum absolute atomic E-state index is 0.412. The predicted octanol–water partition coefficient (Wildman–Crippen LogP) is 1.31. The van der Waals surface area contributed by atoms with Crippen LogP contribution in [0.5, 0.6) is 11.5 Å². The molecule has 0 aliphatic carbocycles. The van der Waals surface area contributed by atoms with Gasteiger partial charge in [0.25, 0.3) is 0 Å². The molecule has 0 radical (unpaired) electrons. The van der Waals surface area contributed by atoms with Crippen molar-refractivity contribution in [1.82, 2.24) is 0 Å². The molecule has 80 valence electrons. The minimum atomic E-state index is -0.472. The van der Waals surface area contributed by atoms with E-state index in [2.05, 4.69) is 0 Å². The lowest BCUT2D eigenvalue weighted by Gasteiger charge is -2.10. The fourth-order valence-electron chi connectivity index (χ4n) is 1.10. The Morgan fingerprint density at radius 2 is 2.07 bits per heavy atom. The highest BCUT2D eigenvalue weighted by Crippen LogP contribution is 2.25. The Morgan fingerprint density at radius 3 is 2.67 bits per heavy atom. The van der Waals surface area contributed by atoms with Gasteiger partial charge in [-0.3, -0.25) is 0 Å². The molecule has 1 unspecified atom stereocenters. The summed E-state index contributed by atoms with van der Waals surface area (Å²) in [5, 5.41) is 8.48. The Kier molecular flexibility index (Phi) is 4.45. The van der Waals surface area contributed by atoms with Crippen molar-refractivity contribution in [2.24, 2.45) is 5.73 Å². The minimum Gasteiger partial charge on any atom is -0.493 e. The Bertz CT molecular complexity index is 347. The highest BCUT2D eigenvalue weighted by molar-refractivity contribution is 5.39. The number of para-hydroxylation sites is 2. The first-order chi connectivity index (χ1) is 7.27. The van der Waals surface area contributed by atoms with Crippen molar-refractivity contribution in [2.45, 2.75) is 12.5 Å². The quantitative estimate of drug-likeness (QED) is 0.788. The van der Waals surface area contributed by atoms with E-state index >= 15 is 0 Å². The Hall–Kier alpha value is -1.73. The van der Waals surface area contributed by atoms with Crippen LogP contribution in [0, 0.1) is 11.3 Å². The third-order valence-corrected chi connectivity index (χ3v) is 1.92. The summed E-state index contributed by atoms with van der Waals surface area (Å²) in [5.74, 6) is 1.35. The number of nitrogens with two attached hydrogens (primary N) is 1. The molecule has 0 amide bonds. The third kappa shape index (κ3) is 3.49. The Balaban J connectivity index is 2.47. The maximum Gasteiger partial charge on any atom is 0.161 e. The Morgan fingerprint density at radius 1 is 1.40 bits per heavy atom. The van der Waals surface area contributed by atoms with Crippen LogP contribution >= 0.6 is 0 Å². The topological polar surface area (TPSA) is 68.3 Å². The van der Waals surface area contributed by atoms with Crippen LogP contribution in [0.25, 0.3) is 0 Å². The van der Waals surface area contributed by atoms with Crippen molar-refractivity contribution >= 4 is 0 Å². The lowest BCUT2D eigenvalue weighted by Crippen LogP contribution is -2.20. The molecule has 15 heavy (non-hydrogen) atoms. The molecule has 0 aromatic heterocycles. The summed E-state index contributed by atoms with van der Waals surface area (Å²) in [6.45, 7) is 0.412. The van der Waals surface area contributed by atoms with E-state index in [1.54, 1.807) is 7.11 Å². The molecule has 4 heteroatoms. The van der Waals surface area contributed by atoms with Crippen LogP contribution < -0.4 is 15.2 Å².